The summed E-state index contributed by atoms with van der Waals surface area (Å²) in [6, 6.07) is 0. The van der Waals surface area contributed by atoms with Crippen molar-refractivity contribution in [2.24, 2.45) is 4.99 Å². The fourth-order valence-corrected chi connectivity index (χ4v) is 0.493. The van der Waals surface area contributed by atoms with E-state index in [-0.39, 0.29) is 12.1 Å². The Hall–Kier alpha value is -0.730. The summed E-state index contributed by atoms with van der Waals surface area (Å²) in [6.45, 7) is 4.54. The Morgan fingerprint density at radius 2 is 2.20 bits per heavy atom. The van der Waals surface area contributed by atoms with E-state index in [4.69, 9.17) is 0 Å². The summed E-state index contributed by atoms with van der Waals surface area (Å²) in [6.07, 6.45) is 0.852. The molecule has 0 aliphatic carbocycles. The Morgan fingerprint density at radius 1 is 1.70 bits per heavy atom. The van der Waals surface area contributed by atoms with Crippen LogP contribution in [-0.2, 0) is 0 Å². The van der Waals surface area contributed by atoms with Crippen LogP contribution in [0.2, 0.25) is 0 Å². The van der Waals surface area contributed by atoms with Gasteiger partial charge in [-0.25, -0.2) is 0 Å². The van der Waals surface area contributed by atoms with Crippen molar-refractivity contribution in [3.63, 3.8) is 0 Å². The second-order valence-corrected chi connectivity index (χ2v) is 2.01. The summed E-state index contributed by atoms with van der Waals surface area (Å²) in [5, 5.41) is 0. The minimum absolute atomic E-state index is 0.146. The fourth-order valence-electron chi connectivity index (χ4n) is 0.493. The molecule has 0 aromatic heterocycles. The molecule has 0 bridgehead atoms. The first-order valence-electron chi connectivity index (χ1n) is 2.97. The van der Waals surface area contributed by atoms with Crippen LogP contribution in [0.5, 0.6) is 0 Å². The number of rotatable bonds is 3. The van der Waals surface area contributed by atoms with Crippen LogP contribution in [0.3, 0.4) is 0 Å². The molecule has 0 saturated carbocycles. The van der Waals surface area contributed by atoms with Gasteiger partial charge >= 0.3 is 0 Å². The predicted molar refractivity (Wildman–Crippen MR) is 38.8 cm³/mol. The molecule has 0 aromatic carbocycles. The molecule has 0 amide bonds. The second kappa shape index (κ2) is 3.44. The van der Waals surface area contributed by atoms with Crippen LogP contribution in [0, 0.1) is 0 Å². The summed E-state index contributed by atoms with van der Waals surface area (Å²) < 4.78 is 25.2. The van der Waals surface area contributed by atoms with Crippen molar-refractivity contribution in [1.82, 2.24) is 0 Å². The van der Waals surface area contributed by atoms with Gasteiger partial charge in [0.2, 0.25) is 0 Å². The van der Waals surface area contributed by atoms with E-state index in [1.807, 2.05) is 0 Å². The maximum atomic E-state index is 12.6. The van der Waals surface area contributed by atoms with E-state index in [9.17, 15) is 8.78 Å². The monoisotopic (exact) mass is 147 g/mol. The molecule has 0 heterocycles. The van der Waals surface area contributed by atoms with Crippen molar-refractivity contribution in [1.29, 1.82) is 0 Å². The van der Waals surface area contributed by atoms with Gasteiger partial charge in [-0.15, -0.1) is 6.58 Å². The molecule has 0 atom stereocenters. The highest BCUT2D eigenvalue weighted by Gasteiger charge is 2.30. The van der Waals surface area contributed by atoms with Crippen molar-refractivity contribution < 1.29 is 8.78 Å². The minimum Gasteiger partial charge on any atom is -0.291 e. The van der Waals surface area contributed by atoms with Gasteiger partial charge < -0.3 is 0 Å². The maximum Gasteiger partial charge on any atom is 0.288 e. The lowest BCUT2D eigenvalue weighted by Gasteiger charge is -2.12. The lowest BCUT2D eigenvalue weighted by atomic mass is 10.1. The van der Waals surface area contributed by atoms with Gasteiger partial charge in [-0.1, -0.05) is 6.08 Å². The number of alkyl halides is 2. The van der Waals surface area contributed by atoms with Crippen molar-refractivity contribution in [2.75, 3.05) is 7.05 Å². The second-order valence-electron chi connectivity index (χ2n) is 2.01. The molecule has 0 aromatic rings. The topological polar surface area (TPSA) is 12.4 Å². The molecule has 0 radical (unpaired) electrons. The Balaban J connectivity index is 4.23. The number of allylic oxidation sites excluding steroid dienone is 1. The summed E-state index contributed by atoms with van der Waals surface area (Å²) in [4.78, 5) is 3.40. The van der Waals surface area contributed by atoms with Crippen LogP contribution in [0.25, 0.3) is 0 Å². The van der Waals surface area contributed by atoms with Crippen molar-refractivity contribution in [3.05, 3.63) is 12.7 Å². The van der Waals surface area contributed by atoms with Crippen molar-refractivity contribution in [3.8, 4) is 0 Å². The van der Waals surface area contributed by atoms with Gasteiger partial charge in [-0.3, -0.25) is 4.99 Å². The molecule has 0 aliphatic heterocycles. The number of halogens is 2. The molecule has 3 heteroatoms. The van der Waals surface area contributed by atoms with E-state index in [1.165, 1.54) is 20.0 Å². The molecule has 0 unspecified atom stereocenters. The van der Waals surface area contributed by atoms with Gasteiger partial charge in [-0.2, -0.15) is 8.78 Å². The SMILES string of the molecule is C=CCC(F)(F)C(C)=NC. The average Bonchev–Trinajstić information content (AvgIpc) is 1.86. The van der Waals surface area contributed by atoms with Crippen molar-refractivity contribution in [2.45, 2.75) is 19.3 Å². The molecule has 10 heavy (non-hydrogen) atoms. The van der Waals surface area contributed by atoms with E-state index in [0.717, 1.165) is 0 Å². The number of aliphatic imine (C=N–C) groups is 1. The normalized spacial score (nSPS) is 13.4. The van der Waals surface area contributed by atoms with Crippen LogP contribution in [0.4, 0.5) is 8.78 Å². The quantitative estimate of drug-likeness (QED) is 0.429. The van der Waals surface area contributed by atoms with Crippen LogP contribution < -0.4 is 0 Å². The van der Waals surface area contributed by atoms with Gasteiger partial charge in [0.1, 0.15) is 0 Å². The third-order valence-electron chi connectivity index (χ3n) is 1.27. The number of hydrogen-bond acceptors (Lipinski definition) is 1. The first-order valence-corrected chi connectivity index (χ1v) is 2.97. The zero-order valence-corrected chi connectivity index (χ0v) is 6.19. The Kier molecular flexibility index (Phi) is 3.19. The smallest absolute Gasteiger partial charge is 0.288 e. The molecular formula is C7H11F2N. The highest BCUT2D eigenvalue weighted by atomic mass is 19.3. The van der Waals surface area contributed by atoms with Crippen LogP contribution in [0.15, 0.2) is 17.6 Å². The van der Waals surface area contributed by atoms with Gasteiger partial charge in [0, 0.05) is 13.5 Å². The summed E-state index contributed by atoms with van der Waals surface area (Å²) in [7, 11) is 1.35. The zero-order chi connectivity index (χ0) is 8.20. The van der Waals surface area contributed by atoms with Crippen LogP contribution in [-0.4, -0.2) is 18.7 Å². The molecule has 0 aliphatic rings. The summed E-state index contributed by atoms with van der Waals surface area (Å²) in [5.41, 5.74) is -0.146. The molecule has 1 nitrogen and oxygen atoms in total. The Labute approximate surface area is 59.5 Å². The highest BCUT2D eigenvalue weighted by Crippen LogP contribution is 2.20. The summed E-state index contributed by atoms with van der Waals surface area (Å²) >= 11 is 0. The third kappa shape index (κ3) is 2.25. The van der Waals surface area contributed by atoms with Gasteiger partial charge in [-0.05, 0) is 6.92 Å². The first-order chi connectivity index (χ1) is 4.54. The average molecular weight is 147 g/mol. The molecule has 0 saturated heterocycles. The lowest BCUT2D eigenvalue weighted by molar-refractivity contribution is 0.0810. The molecule has 0 fully saturated rings. The Morgan fingerprint density at radius 3 is 2.50 bits per heavy atom. The van der Waals surface area contributed by atoms with E-state index in [2.05, 4.69) is 11.6 Å². The molecule has 0 rings (SSSR count). The van der Waals surface area contributed by atoms with E-state index < -0.39 is 5.92 Å². The standard InChI is InChI=1S/C7H11F2N/c1-4-5-7(8,9)6(2)10-3/h4H,1,5H2,2-3H3. The minimum atomic E-state index is -2.81. The van der Waals surface area contributed by atoms with Gasteiger partial charge in [0.15, 0.2) is 0 Å². The molecular weight excluding hydrogens is 136 g/mol. The molecule has 0 spiro atoms. The number of hydrogen-bond donors (Lipinski definition) is 0. The fraction of sp³-hybridized carbons (Fsp3) is 0.571. The Bertz CT molecular complexity index is 150. The van der Waals surface area contributed by atoms with Crippen molar-refractivity contribution >= 4 is 5.71 Å². The van der Waals surface area contributed by atoms with Gasteiger partial charge in [0.25, 0.3) is 5.92 Å². The largest absolute Gasteiger partial charge is 0.291 e. The number of nitrogens with zero attached hydrogens (tertiary/aromatic N) is 1. The first kappa shape index (κ1) is 9.27. The molecule has 58 valence electrons. The maximum absolute atomic E-state index is 12.6. The van der Waals surface area contributed by atoms with Crippen LogP contribution >= 0.6 is 0 Å². The third-order valence-corrected chi connectivity index (χ3v) is 1.27. The summed E-state index contributed by atoms with van der Waals surface area (Å²) in [5.74, 6) is -2.81. The highest BCUT2D eigenvalue weighted by molar-refractivity contribution is 5.88. The molecule has 0 N–H and O–H groups in total. The lowest BCUT2D eigenvalue weighted by Crippen LogP contribution is -2.24. The van der Waals surface area contributed by atoms with E-state index in [0.29, 0.717) is 0 Å². The van der Waals surface area contributed by atoms with Gasteiger partial charge in [0.05, 0.1) is 5.71 Å². The zero-order valence-electron chi connectivity index (χ0n) is 6.19. The van der Waals surface area contributed by atoms with Crippen LogP contribution in [0.1, 0.15) is 13.3 Å². The predicted octanol–water partition coefficient (Wildman–Crippen LogP) is 2.29. The van der Waals surface area contributed by atoms with E-state index >= 15 is 0 Å². The van der Waals surface area contributed by atoms with E-state index in [1.54, 1.807) is 0 Å².